The van der Waals surface area contributed by atoms with Gasteiger partial charge in [0.25, 0.3) is 0 Å². The Hall–Kier alpha value is -3.28. The first kappa shape index (κ1) is 16.2. The van der Waals surface area contributed by atoms with Gasteiger partial charge in [-0.25, -0.2) is 0 Å². The predicted octanol–water partition coefficient (Wildman–Crippen LogP) is 3.40. The summed E-state index contributed by atoms with van der Waals surface area (Å²) in [5.41, 5.74) is 2.30. The number of aromatic nitrogens is 1. The van der Waals surface area contributed by atoms with Crippen LogP contribution in [-0.2, 0) is 22.6 Å². The van der Waals surface area contributed by atoms with Crippen LogP contribution in [0.4, 0.5) is 0 Å². The molecule has 0 radical (unpaired) electrons. The Morgan fingerprint density at radius 2 is 1.81 bits per heavy atom. The van der Waals surface area contributed by atoms with Crippen LogP contribution in [0.15, 0.2) is 59.1 Å². The number of hydrogen-bond acceptors (Lipinski definition) is 6. The summed E-state index contributed by atoms with van der Waals surface area (Å²) in [6.07, 6.45) is 0.153. The second-order valence-electron chi connectivity index (χ2n) is 5.86. The van der Waals surface area contributed by atoms with E-state index in [4.69, 9.17) is 18.7 Å². The summed E-state index contributed by atoms with van der Waals surface area (Å²) < 4.78 is 21.6. The van der Waals surface area contributed by atoms with Crippen molar-refractivity contribution in [2.24, 2.45) is 0 Å². The zero-order valence-corrected chi connectivity index (χ0v) is 14.0. The minimum absolute atomic E-state index is 0.0692. The van der Waals surface area contributed by atoms with E-state index in [1.54, 1.807) is 18.2 Å². The van der Waals surface area contributed by atoms with Gasteiger partial charge in [0.1, 0.15) is 25.5 Å². The monoisotopic (exact) mass is 351 g/mol. The lowest BCUT2D eigenvalue weighted by Gasteiger charge is -2.18. The summed E-state index contributed by atoms with van der Waals surface area (Å²) in [6, 6.07) is 16.8. The molecule has 0 bridgehead atoms. The van der Waals surface area contributed by atoms with E-state index in [2.05, 4.69) is 5.16 Å². The molecule has 0 saturated heterocycles. The summed E-state index contributed by atoms with van der Waals surface area (Å²) in [5, 5.41) is 3.94. The molecule has 0 amide bonds. The maximum absolute atomic E-state index is 12.1. The molecule has 1 aromatic heterocycles. The number of fused-ring (bicyclic) bond motifs is 1. The van der Waals surface area contributed by atoms with Crippen molar-refractivity contribution < 1.29 is 23.5 Å². The molecule has 0 N–H and O–H groups in total. The molecule has 0 aliphatic carbocycles. The van der Waals surface area contributed by atoms with E-state index in [9.17, 15) is 4.79 Å². The van der Waals surface area contributed by atoms with Crippen LogP contribution in [-0.4, -0.2) is 24.3 Å². The topological polar surface area (TPSA) is 70.8 Å². The maximum atomic E-state index is 12.1. The summed E-state index contributed by atoms with van der Waals surface area (Å²) in [4.78, 5) is 12.1. The van der Waals surface area contributed by atoms with Crippen molar-refractivity contribution >= 4 is 5.97 Å². The van der Waals surface area contributed by atoms with E-state index in [0.717, 1.165) is 11.1 Å². The highest BCUT2D eigenvalue weighted by atomic mass is 16.6. The number of nitrogens with zero attached hydrogens (tertiary/aromatic N) is 1. The largest absolute Gasteiger partial charge is 0.486 e. The molecule has 3 aromatic rings. The number of esters is 1. The highest BCUT2D eigenvalue weighted by Crippen LogP contribution is 2.31. The number of carbonyl (C=O) groups is 1. The van der Waals surface area contributed by atoms with E-state index < -0.39 is 0 Å². The molecule has 1 aliphatic rings. The Bertz CT molecular complexity index is 904. The van der Waals surface area contributed by atoms with Crippen LogP contribution < -0.4 is 9.47 Å². The Kier molecular flexibility index (Phi) is 4.55. The molecule has 0 unspecified atom stereocenters. The number of ether oxygens (including phenoxy) is 3. The van der Waals surface area contributed by atoms with Gasteiger partial charge in [0.15, 0.2) is 17.3 Å². The fourth-order valence-corrected chi connectivity index (χ4v) is 2.69. The molecule has 0 spiro atoms. The highest BCUT2D eigenvalue weighted by molar-refractivity contribution is 5.73. The molecule has 2 aromatic carbocycles. The van der Waals surface area contributed by atoms with Gasteiger partial charge in [-0.1, -0.05) is 41.6 Å². The smallest absolute Gasteiger partial charge is 0.310 e. The van der Waals surface area contributed by atoms with Crippen LogP contribution in [0.5, 0.6) is 11.5 Å². The van der Waals surface area contributed by atoms with Gasteiger partial charge in [-0.05, 0) is 17.7 Å². The fourth-order valence-electron chi connectivity index (χ4n) is 2.69. The lowest BCUT2D eigenvalue weighted by molar-refractivity contribution is -0.144. The third-order valence-corrected chi connectivity index (χ3v) is 3.95. The van der Waals surface area contributed by atoms with Crippen LogP contribution >= 0.6 is 0 Å². The molecular weight excluding hydrogens is 334 g/mol. The van der Waals surface area contributed by atoms with Gasteiger partial charge in [-0.3, -0.25) is 4.79 Å². The first-order valence-corrected chi connectivity index (χ1v) is 8.33. The normalized spacial score (nSPS) is 12.6. The van der Waals surface area contributed by atoms with Gasteiger partial charge in [0, 0.05) is 11.6 Å². The first-order valence-electron chi connectivity index (χ1n) is 8.33. The molecule has 4 rings (SSSR count). The van der Waals surface area contributed by atoms with Crippen LogP contribution in [0.25, 0.3) is 11.3 Å². The molecule has 6 nitrogen and oxygen atoms in total. The molecule has 132 valence electrons. The average Bonchev–Trinajstić information content (AvgIpc) is 3.16. The van der Waals surface area contributed by atoms with Crippen LogP contribution in [0.3, 0.4) is 0 Å². The molecule has 0 atom stereocenters. The molecule has 2 heterocycles. The van der Waals surface area contributed by atoms with Gasteiger partial charge in [-0.15, -0.1) is 0 Å². The minimum Gasteiger partial charge on any atom is -0.486 e. The zero-order chi connectivity index (χ0) is 17.8. The molecule has 0 saturated carbocycles. The van der Waals surface area contributed by atoms with Crippen LogP contribution in [0, 0.1) is 0 Å². The predicted molar refractivity (Wildman–Crippen MR) is 92.9 cm³/mol. The van der Waals surface area contributed by atoms with E-state index in [1.807, 2.05) is 36.4 Å². The average molecular weight is 351 g/mol. The van der Waals surface area contributed by atoms with E-state index >= 15 is 0 Å². The zero-order valence-electron chi connectivity index (χ0n) is 14.0. The summed E-state index contributed by atoms with van der Waals surface area (Å²) >= 11 is 0. The fraction of sp³-hybridized carbons (Fsp3) is 0.200. The lowest BCUT2D eigenvalue weighted by Crippen LogP contribution is -2.16. The van der Waals surface area contributed by atoms with Crippen LogP contribution in [0.2, 0.25) is 0 Å². The summed E-state index contributed by atoms with van der Waals surface area (Å²) in [5.74, 6) is 1.66. The third kappa shape index (κ3) is 3.69. The van der Waals surface area contributed by atoms with Gasteiger partial charge in [-0.2, -0.15) is 0 Å². The van der Waals surface area contributed by atoms with Gasteiger partial charge in [0.05, 0.1) is 6.42 Å². The van der Waals surface area contributed by atoms with Crippen molar-refractivity contribution in [3.05, 3.63) is 65.9 Å². The second kappa shape index (κ2) is 7.31. The number of carbonyl (C=O) groups excluding carboxylic acids is 1. The minimum atomic E-state index is -0.342. The Balaban J connectivity index is 1.34. The molecule has 26 heavy (non-hydrogen) atoms. The van der Waals surface area contributed by atoms with E-state index in [0.29, 0.717) is 36.2 Å². The summed E-state index contributed by atoms with van der Waals surface area (Å²) in [7, 11) is 0. The van der Waals surface area contributed by atoms with Gasteiger partial charge < -0.3 is 18.7 Å². The van der Waals surface area contributed by atoms with Crippen LogP contribution in [0.1, 0.15) is 11.3 Å². The van der Waals surface area contributed by atoms with Crippen molar-refractivity contribution in [2.45, 2.75) is 13.0 Å². The maximum Gasteiger partial charge on any atom is 0.310 e. The second-order valence-corrected chi connectivity index (χ2v) is 5.86. The van der Waals surface area contributed by atoms with Crippen molar-refractivity contribution in [3.8, 4) is 22.8 Å². The summed E-state index contributed by atoms with van der Waals surface area (Å²) in [6.45, 7) is 1.12. The van der Waals surface area contributed by atoms with Crippen molar-refractivity contribution in [2.75, 3.05) is 13.2 Å². The van der Waals surface area contributed by atoms with E-state index in [1.165, 1.54) is 0 Å². The first-order chi connectivity index (χ1) is 12.8. The van der Waals surface area contributed by atoms with Crippen molar-refractivity contribution in [3.63, 3.8) is 0 Å². The van der Waals surface area contributed by atoms with Gasteiger partial charge >= 0.3 is 5.97 Å². The standard InChI is InChI=1S/C20H17NO5/c22-20(11-14-6-7-17-19(10-14)24-9-8-23-17)25-13-16-12-18(26-21-16)15-4-2-1-3-5-15/h1-7,10,12H,8-9,11,13H2. The molecular formula is C20H17NO5. The Labute approximate surface area is 150 Å². The van der Waals surface area contributed by atoms with Gasteiger partial charge in [0.2, 0.25) is 0 Å². The Morgan fingerprint density at radius 1 is 1.00 bits per heavy atom. The highest BCUT2D eigenvalue weighted by Gasteiger charge is 2.14. The van der Waals surface area contributed by atoms with E-state index in [-0.39, 0.29) is 19.0 Å². The van der Waals surface area contributed by atoms with Crippen molar-refractivity contribution in [1.29, 1.82) is 0 Å². The number of rotatable bonds is 5. The number of benzene rings is 2. The number of hydrogen-bond donors (Lipinski definition) is 0. The Morgan fingerprint density at radius 3 is 2.65 bits per heavy atom. The molecule has 0 fully saturated rings. The lowest BCUT2D eigenvalue weighted by atomic mass is 10.1. The third-order valence-electron chi connectivity index (χ3n) is 3.95. The van der Waals surface area contributed by atoms with Crippen molar-refractivity contribution in [1.82, 2.24) is 5.16 Å². The molecule has 1 aliphatic heterocycles. The quantitative estimate of drug-likeness (QED) is 0.656. The molecule has 6 heteroatoms. The SMILES string of the molecule is O=C(Cc1ccc2c(c1)OCCO2)OCc1cc(-c2ccccc2)on1.